The molecule has 34 heavy (non-hydrogen) atoms. The van der Waals surface area contributed by atoms with E-state index in [0.29, 0.717) is 24.3 Å². The number of aryl methyl sites for hydroxylation is 4. The maximum Gasteiger partial charge on any atom is 0.505 e. The van der Waals surface area contributed by atoms with E-state index in [-0.39, 0.29) is 0 Å². The van der Waals surface area contributed by atoms with E-state index in [1.165, 1.54) is 33.4 Å². The fraction of sp³-hybridized carbons (Fsp3) is 0.200. The predicted molar refractivity (Wildman–Crippen MR) is 140 cm³/mol. The van der Waals surface area contributed by atoms with Gasteiger partial charge in [-0.3, -0.25) is 0 Å². The number of hydrogen-bond acceptors (Lipinski definition) is 2. The van der Waals surface area contributed by atoms with Gasteiger partial charge in [0.2, 0.25) is 0 Å². The first-order valence-corrected chi connectivity index (χ1v) is 12.6. The van der Waals surface area contributed by atoms with Gasteiger partial charge in [-0.2, -0.15) is 0 Å². The van der Waals surface area contributed by atoms with Gasteiger partial charge >= 0.3 is 8.69 Å². The summed E-state index contributed by atoms with van der Waals surface area (Å²) in [5.74, 6) is 1.03. The van der Waals surface area contributed by atoms with Gasteiger partial charge in [0, 0.05) is 12.8 Å². The summed E-state index contributed by atoms with van der Waals surface area (Å²) < 4.78 is 26.5. The van der Waals surface area contributed by atoms with Crippen LogP contribution in [0, 0.1) is 27.7 Å². The van der Waals surface area contributed by atoms with Crippen LogP contribution in [0.1, 0.15) is 44.5 Å². The average Bonchev–Trinajstić information content (AvgIpc) is 2.80. The zero-order valence-corrected chi connectivity index (χ0v) is 21.0. The van der Waals surface area contributed by atoms with Crippen LogP contribution >= 0.6 is 8.69 Å². The summed E-state index contributed by atoms with van der Waals surface area (Å²) in [6.07, 6.45) is 1.35. The Hall–Kier alpha value is -3.16. The molecule has 0 fully saturated rings. The minimum absolute atomic E-state index is 0.517. The van der Waals surface area contributed by atoms with Crippen molar-refractivity contribution < 1.29 is 13.2 Å². The molecule has 0 aliphatic rings. The highest BCUT2D eigenvalue weighted by molar-refractivity contribution is 7.42. The van der Waals surface area contributed by atoms with Gasteiger partial charge < -0.3 is 9.05 Å². The topological polar surface area (TPSA) is 18.5 Å². The van der Waals surface area contributed by atoms with Crippen LogP contribution in [0.2, 0.25) is 0 Å². The van der Waals surface area contributed by atoms with Crippen LogP contribution in [0.4, 0.5) is 4.20 Å². The second kappa shape index (κ2) is 10.8. The second-order valence-electron chi connectivity index (χ2n) is 8.82. The molecule has 0 heterocycles. The van der Waals surface area contributed by atoms with E-state index >= 15 is 4.20 Å². The van der Waals surface area contributed by atoms with E-state index in [9.17, 15) is 0 Å². The number of rotatable bonds is 8. The smallest absolute Gasteiger partial charge is 0.414 e. The van der Waals surface area contributed by atoms with Crippen molar-refractivity contribution in [1.82, 2.24) is 0 Å². The Morgan fingerprint density at radius 2 is 0.971 bits per heavy atom. The summed E-state index contributed by atoms with van der Waals surface area (Å²) in [5, 5.41) is 0. The third kappa shape index (κ3) is 6.04. The monoisotopic (exact) mass is 472 g/mol. The fourth-order valence-electron chi connectivity index (χ4n) is 4.15. The number of benzene rings is 4. The highest BCUT2D eigenvalue weighted by atomic mass is 31.2. The first kappa shape index (κ1) is 24.0. The first-order valence-electron chi connectivity index (χ1n) is 11.5. The maximum atomic E-state index is 15.1. The number of halogens is 1. The van der Waals surface area contributed by atoms with E-state index in [1.807, 2.05) is 36.4 Å². The predicted octanol–water partition coefficient (Wildman–Crippen LogP) is 8.76. The van der Waals surface area contributed by atoms with Crippen molar-refractivity contribution in [2.45, 2.75) is 40.5 Å². The summed E-state index contributed by atoms with van der Waals surface area (Å²) in [4.78, 5) is 0. The van der Waals surface area contributed by atoms with Gasteiger partial charge in [-0.25, -0.2) is 0 Å². The van der Waals surface area contributed by atoms with E-state index in [0.717, 1.165) is 11.1 Å². The molecule has 0 amide bonds. The van der Waals surface area contributed by atoms with Crippen molar-refractivity contribution in [3.63, 3.8) is 0 Å². The van der Waals surface area contributed by atoms with E-state index < -0.39 is 8.69 Å². The summed E-state index contributed by atoms with van der Waals surface area (Å²) in [7, 11) is -2.64. The van der Waals surface area contributed by atoms with E-state index in [4.69, 9.17) is 9.05 Å². The molecule has 0 aromatic heterocycles. The van der Waals surface area contributed by atoms with Crippen LogP contribution in [-0.2, 0) is 12.8 Å². The summed E-state index contributed by atoms with van der Waals surface area (Å²) in [6, 6.07) is 28.0. The Labute approximate surface area is 203 Å². The van der Waals surface area contributed by atoms with Gasteiger partial charge in [-0.15, -0.1) is 4.20 Å². The number of hydrogen-bond donors (Lipinski definition) is 0. The molecule has 0 atom stereocenters. The molecule has 4 heteroatoms. The van der Waals surface area contributed by atoms with Crippen LogP contribution in [0.3, 0.4) is 0 Å². The van der Waals surface area contributed by atoms with Crippen LogP contribution in [0.5, 0.6) is 11.5 Å². The zero-order valence-electron chi connectivity index (χ0n) is 20.1. The highest BCUT2D eigenvalue weighted by Gasteiger charge is 2.19. The molecule has 4 aromatic carbocycles. The Balaban J connectivity index is 1.49. The maximum absolute atomic E-state index is 15.1. The van der Waals surface area contributed by atoms with Crippen LogP contribution in [0.25, 0.3) is 0 Å². The van der Waals surface area contributed by atoms with Crippen LogP contribution in [0.15, 0.2) is 84.9 Å². The Morgan fingerprint density at radius 3 is 1.38 bits per heavy atom. The molecule has 0 N–H and O–H groups in total. The second-order valence-corrected chi connectivity index (χ2v) is 9.61. The van der Waals surface area contributed by atoms with Crippen molar-refractivity contribution >= 4 is 8.69 Å². The quantitative estimate of drug-likeness (QED) is 0.239. The molecule has 0 saturated carbocycles. The molecule has 2 nitrogen and oxygen atoms in total. The third-order valence-electron chi connectivity index (χ3n) is 6.04. The van der Waals surface area contributed by atoms with Crippen molar-refractivity contribution in [2.24, 2.45) is 0 Å². The van der Waals surface area contributed by atoms with Gasteiger partial charge in [0.25, 0.3) is 0 Å². The molecule has 0 radical (unpaired) electrons. The lowest BCUT2D eigenvalue weighted by molar-refractivity contribution is 0.435. The first-order chi connectivity index (χ1) is 16.4. The zero-order chi connectivity index (χ0) is 24.1. The van der Waals surface area contributed by atoms with Gasteiger partial charge in [0.05, 0.1) is 0 Å². The SMILES string of the molecule is Cc1ccc(Cc2ccccc2OP(F)Oc2ccccc2Cc2ccc(C)cc2C)c(C)c1. The Morgan fingerprint density at radius 1 is 0.559 bits per heavy atom. The number of para-hydroxylation sites is 2. The fourth-order valence-corrected chi connectivity index (χ4v) is 4.85. The molecule has 4 aromatic rings. The van der Waals surface area contributed by atoms with Crippen molar-refractivity contribution in [2.75, 3.05) is 0 Å². The van der Waals surface area contributed by atoms with Crippen LogP contribution in [-0.4, -0.2) is 0 Å². The molecular formula is C30H30FO2P. The molecule has 0 spiro atoms. The van der Waals surface area contributed by atoms with Gasteiger partial charge in [-0.1, -0.05) is 83.9 Å². The molecule has 174 valence electrons. The van der Waals surface area contributed by atoms with E-state index in [1.54, 1.807) is 12.1 Å². The Bertz CT molecular complexity index is 1190. The molecular weight excluding hydrogens is 442 g/mol. The molecule has 0 aliphatic heterocycles. The van der Waals surface area contributed by atoms with Crippen LogP contribution < -0.4 is 9.05 Å². The summed E-state index contributed by atoms with van der Waals surface area (Å²) in [5.41, 5.74) is 9.16. The van der Waals surface area contributed by atoms with Gasteiger partial charge in [0.15, 0.2) is 0 Å². The standard InChI is InChI=1S/C30H30FO2P/c1-21-13-15-25(23(3)17-21)19-27-9-5-7-11-29(27)32-34(31)33-30-12-8-6-10-28(30)20-26-16-14-22(2)18-24(26)4/h5-18H,19-20H2,1-4H3. The molecule has 0 bridgehead atoms. The molecule has 4 rings (SSSR count). The lowest BCUT2D eigenvalue weighted by Gasteiger charge is -2.16. The minimum Gasteiger partial charge on any atom is -0.414 e. The average molecular weight is 473 g/mol. The van der Waals surface area contributed by atoms with Gasteiger partial charge in [-0.05, 0) is 73.2 Å². The van der Waals surface area contributed by atoms with Gasteiger partial charge in [0.1, 0.15) is 11.5 Å². The highest BCUT2D eigenvalue weighted by Crippen LogP contribution is 2.44. The molecule has 0 saturated heterocycles. The summed E-state index contributed by atoms with van der Waals surface area (Å²) in [6.45, 7) is 8.37. The lowest BCUT2D eigenvalue weighted by Crippen LogP contribution is -2.00. The third-order valence-corrected chi connectivity index (χ3v) is 6.72. The Kier molecular flexibility index (Phi) is 7.65. The summed E-state index contributed by atoms with van der Waals surface area (Å²) >= 11 is 0. The van der Waals surface area contributed by atoms with E-state index in [2.05, 4.69) is 64.1 Å². The minimum atomic E-state index is -2.64. The van der Waals surface area contributed by atoms with Crippen molar-refractivity contribution in [3.8, 4) is 11.5 Å². The van der Waals surface area contributed by atoms with Crippen molar-refractivity contribution in [3.05, 3.63) is 129 Å². The normalized spacial score (nSPS) is 11.0. The van der Waals surface area contributed by atoms with Crippen molar-refractivity contribution in [1.29, 1.82) is 0 Å². The molecule has 0 unspecified atom stereocenters. The largest absolute Gasteiger partial charge is 0.505 e. The lowest BCUT2D eigenvalue weighted by atomic mass is 9.98. The molecule has 0 aliphatic carbocycles.